The van der Waals surface area contributed by atoms with Crippen LogP contribution >= 0.6 is 0 Å². The van der Waals surface area contributed by atoms with Gasteiger partial charge in [0.2, 0.25) is 0 Å². The van der Waals surface area contributed by atoms with Crippen molar-refractivity contribution in [2.24, 2.45) is 5.73 Å². The molecule has 0 aliphatic carbocycles. The number of nitrogens with two attached hydrogens (primary N) is 1. The summed E-state index contributed by atoms with van der Waals surface area (Å²) in [6.45, 7) is 0.984. The van der Waals surface area contributed by atoms with Gasteiger partial charge in [-0.05, 0) is 35.4 Å². The summed E-state index contributed by atoms with van der Waals surface area (Å²) < 4.78 is 26.0. The molecule has 100 valence electrons. The third-order valence-corrected chi connectivity index (χ3v) is 2.99. The number of nitrogens with zero attached hydrogens (tertiary/aromatic N) is 1. The molecule has 0 amide bonds. The Morgan fingerprint density at radius 1 is 1.00 bits per heavy atom. The summed E-state index contributed by atoms with van der Waals surface area (Å²) >= 11 is 0. The summed E-state index contributed by atoms with van der Waals surface area (Å²) in [7, 11) is 1.90. The second kappa shape index (κ2) is 5.80. The molecule has 4 heteroatoms. The maximum Gasteiger partial charge on any atom is 0.159 e. The first-order valence-electron chi connectivity index (χ1n) is 6.04. The van der Waals surface area contributed by atoms with E-state index in [1.165, 1.54) is 6.07 Å². The van der Waals surface area contributed by atoms with Gasteiger partial charge in [0, 0.05) is 25.8 Å². The fourth-order valence-electron chi connectivity index (χ4n) is 1.92. The van der Waals surface area contributed by atoms with Crippen molar-refractivity contribution in [2.45, 2.75) is 13.1 Å². The second-order valence-electron chi connectivity index (χ2n) is 4.48. The highest BCUT2D eigenvalue weighted by Crippen LogP contribution is 2.18. The van der Waals surface area contributed by atoms with Gasteiger partial charge in [0.1, 0.15) is 0 Å². The minimum atomic E-state index is -0.823. The smallest absolute Gasteiger partial charge is 0.159 e. The van der Waals surface area contributed by atoms with Crippen LogP contribution in [-0.4, -0.2) is 7.05 Å². The van der Waals surface area contributed by atoms with Gasteiger partial charge in [0.15, 0.2) is 11.6 Å². The molecule has 0 heterocycles. The molecular formula is C15H16F2N2. The average molecular weight is 262 g/mol. The van der Waals surface area contributed by atoms with E-state index in [-0.39, 0.29) is 0 Å². The van der Waals surface area contributed by atoms with Gasteiger partial charge in [-0.1, -0.05) is 18.2 Å². The van der Waals surface area contributed by atoms with Crippen LogP contribution in [0.15, 0.2) is 42.5 Å². The largest absolute Gasteiger partial charge is 0.370 e. The monoisotopic (exact) mass is 262 g/mol. The Morgan fingerprint density at radius 2 is 1.79 bits per heavy atom. The van der Waals surface area contributed by atoms with E-state index in [1.807, 2.05) is 36.2 Å². The molecule has 2 aromatic rings. The molecule has 2 nitrogen and oxygen atoms in total. The van der Waals surface area contributed by atoms with Gasteiger partial charge in [0.25, 0.3) is 0 Å². The van der Waals surface area contributed by atoms with E-state index in [2.05, 4.69) is 0 Å². The van der Waals surface area contributed by atoms with Crippen molar-refractivity contribution >= 4 is 5.69 Å². The predicted molar refractivity (Wildman–Crippen MR) is 72.8 cm³/mol. The van der Waals surface area contributed by atoms with Crippen LogP contribution in [0.2, 0.25) is 0 Å². The third kappa shape index (κ3) is 3.29. The second-order valence-corrected chi connectivity index (χ2v) is 4.48. The lowest BCUT2D eigenvalue weighted by molar-refractivity contribution is 0.507. The first kappa shape index (κ1) is 13.5. The highest BCUT2D eigenvalue weighted by Gasteiger charge is 2.06. The number of anilines is 1. The molecule has 2 N–H and O–H groups in total. The molecule has 2 aromatic carbocycles. The number of rotatable bonds is 4. The van der Waals surface area contributed by atoms with Crippen molar-refractivity contribution in [1.82, 2.24) is 0 Å². The summed E-state index contributed by atoms with van der Waals surface area (Å²) in [5, 5.41) is 0. The van der Waals surface area contributed by atoms with E-state index >= 15 is 0 Å². The van der Waals surface area contributed by atoms with Crippen LogP contribution in [0.4, 0.5) is 14.5 Å². The van der Waals surface area contributed by atoms with E-state index in [4.69, 9.17) is 5.73 Å². The van der Waals surface area contributed by atoms with Gasteiger partial charge in [-0.15, -0.1) is 0 Å². The fourth-order valence-corrected chi connectivity index (χ4v) is 1.92. The molecule has 0 saturated carbocycles. The summed E-state index contributed by atoms with van der Waals surface area (Å²) in [6.07, 6.45) is 0. The number of hydrogen-bond donors (Lipinski definition) is 1. The zero-order chi connectivity index (χ0) is 13.8. The minimum Gasteiger partial charge on any atom is -0.370 e. The molecule has 0 aliphatic heterocycles. The Kier molecular flexibility index (Phi) is 4.12. The molecule has 0 spiro atoms. The van der Waals surface area contributed by atoms with E-state index < -0.39 is 11.6 Å². The molecule has 0 unspecified atom stereocenters. The molecule has 0 aromatic heterocycles. The lowest BCUT2D eigenvalue weighted by Crippen LogP contribution is -2.16. The SMILES string of the molecule is CN(Cc1ccc(F)c(F)c1)c1cccc(CN)c1. The highest BCUT2D eigenvalue weighted by atomic mass is 19.2. The van der Waals surface area contributed by atoms with Crippen LogP contribution in [0.5, 0.6) is 0 Å². The maximum absolute atomic E-state index is 13.1. The maximum atomic E-state index is 13.1. The summed E-state index contributed by atoms with van der Waals surface area (Å²) in [5.74, 6) is -1.64. The summed E-state index contributed by atoms with van der Waals surface area (Å²) in [6, 6.07) is 11.8. The molecule has 0 atom stereocenters. The average Bonchev–Trinajstić information content (AvgIpc) is 2.43. The van der Waals surface area contributed by atoms with E-state index in [1.54, 1.807) is 6.07 Å². The Labute approximate surface area is 111 Å². The van der Waals surface area contributed by atoms with Gasteiger partial charge >= 0.3 is 0 Å². The standard InChI is InChI=1S/C15H16F2N2/c1-19(13-4-2-3-11(7-13)9-18)10-12-5-6-14(16)15(17)8-12/h2-8H,9-10,18H2,1H3. The predicted octanol–water partition coefficient (Wildman–Crippen LogP) is 3.06. The van der Waals surface area contributed by atoms with Crippen LogP contribution in [0.3, 0.4) is 0 Å². The molecule has 0 aliphatic rings. The summed E-state index contributed by atoms with van der Waals surface area (Å²) in [4.78, 5) is 1.96. The highest BCUT2D eigenvalue weighted by molar-refractivity contribution is 5.48. The minimum absolute atomic E-state index is 0.479. The molecule has 2 rings (SSSR count). The van der Waals surface area contributed by atoms with E-state index in [0.29, 0.717) is 13.1 Å². The van der Waals surface area contributed by atoms with Crippen molar-refractivity contribution < 1.29 is 8.78 Å². The lowest BCUT2D eigenvalue weighted by atomic mass is 10.1. The number of halogens is 2. The van der Waals surface area contributed by atoms with E-state index in [9.17, 15) is 8.78 Å². The first-order valence-corrected chi connectivity index (χ1v) is 6.04. The van der Waals surface area contributed by atoms with Crippen molar-refractivity contribution in [3.8, 4) is 0 Å². The fraction of sp³-hybridized carbons (Fsp3) is 0.200. The van der Waals surface area contributed by atoms with Crippen LogP contribution in [0.25, 0.3) is 0 Å². The zero-order valence-corrected chi connectivity index (χ0v) is 10.7. The Morgan fingerprint density at radius 3 is 2.47 bits per heavy atom. The van der Waals surface area contributed by atoms with Crippen molar-refractivity contribution in [3.05, 3.63) is 65.2 Å². The van der Waals surface area contributed by atoms with Crippen LogP contribution < -0.4 is 10.6 Å². The molecular weight excluding hydrogens is 246 g/mol. The van der Waals surface area contributed by atoms with Crippen LogP contribution in [-0.2, 0) is 13.1 Å². The van der Waals surface area contributed by atoms with Gasteiger partial charge in [-0.25, -0.2) is 8.78 Å². The molecule has 0 radical (unpaired) electrons. The van der Waals surface area contributed by atoms with Gasteiger partial charge < -0.3 is 10.6 Å². The molecule has 0 bridgehead atoms. The van der Waals surface area contributed by atoms with Crippen LogP contribution in [0, 0.1) is 11.6 Å². The normalized spacial score (nSPS) is 10.5. The van der Waals surface area contributed by atoms with Crippen LogP contribution in [0.1, 0.15) is 11.1 Å². The molecule has 19 heavy (non-hydrogen) atoms. The van der Waals surface area contributed by atoms with Crippen molar-refractivity contribution in [1.29, 1.82) is 0 Å². The number of benzene rings is 2. The Balaban J connectivity index is 2.15. The van der Waals surface area contributed by atoms with Crippen molar-refractivity contribution in [3.63, 3.8) is 0 Å². The summed E-state index contributed by atoms with van der Waals surface area (Å²) in [5.41, 5.74) is 8.35. The Hall–Kier alpha value is -1.94. The van der Waals surface area contributed by atoms with Gasteiger partial charge in [0.05, 0.1) is 0 Å². The first-order chi connectivity index (χ1) is 9.10. The van der Waals surface area contributed by atoms with Gasteiger partial charge in [-0.2, -0.15) is 0 Å². The third-order valence-electron chi connectivity index (χ3n) is 2.99. The quantitative estimate of drug-likeness (QED) is 0.917. The van der Waals surface area contributed by atoms with E-state index in [0.717, 1.165) is 22.9 Å². The topological polar surface area (TPSA) is 29.3 Å². The lowest BCUT2D eigenvalue weighted by Gasteiger charge is -2.20. The van der Waals surface area contributed by atoms with Gasteiger partial charge in [-0.3, -0.25) is 0 Å². The molecule has 0 saturated heterocycles. The van der Waals surface area contributed by atoms with Crippen molar-refractivity contribution in [2.75, 3.05) is 11.9 Å². The zero-order valence-electron chi connectivity index (χ0n) is 10.7. The Bertz CT molecular complexity index is 570. The molecule has 0 fully saturated rings. The number of hydrogen-bond acceptors (Lipinski definition) is 2.